The summed E-state index contributed by atoms with van der Waals surface area (Å²) in [7, 11) is 3.62. The van der Waals surface area contributed by atoms with E-state index in [9.17, 15) is 9.59 Å². The SMILES string of the molecule is Cc1cc(=O)c(OCC(=O)Nc2c3c(nn2C)CSC3)cn1C. The molecule has 0 radical (unpaired) electrons. The Balaban J connectivity index is 1.67. The molecule has 23 heavy (non-hydrogen) atoms. The standard InChI is InChI=1S/C15H18N4O3S/c1-9-4-12(20)13(5-18(9)2)22-6-14(21)16-15-10-7-23-8-11(10)17-19(15)3/h4-5H,6-8H2,1-3H3,(H,16,21). The zero-order valence-electron chi connectivity index (χ0n) is 13.3. The number of rotatable bonds is 4. The number of pyridine rings is 1. The first-order chi connectivity index (χ1) is 11.0. The Hall–Kier alpha value is -2.22. The van der Waals surface area contributed by atoms with Crippen molar-refractivity contribution in [2.24, 2.45) is 14.1 Å². The molecule has 0 fully saturated rings. The van der Waals surface area contributed by atoms with Gasteiger partial charge in [0.1, 0.15) is 5.82 Å². The van der Waals surface area contributed by atoms with Gasteiger partial charge in [-0.2, -0.15) is 16.9 Å². The molecule has 3 rings (SSSR count). The van der Waals surface area contributed by atoms with E-state index < -0.39 is 0 Å². The van der Waals surface area contributed by atoms with Gasteiger partial charge in [0, 0.05) is 49.1 Å². The van der Waals surface area contributed by atoms with Crippen LogP contribution in [0.2, 0.25) is 0 Å². The number of carbonyl (C=O) groups is 1. The van der Waals surface area contributed by atoms with Crippen LogP contribution in [0.25, 0.3) is 0 Å². The molecule has 0 unspecified atom stereocenters. The molecule has 7 nitrogen and oxygen atoms in total. The molecular formula is C15H18N4O3S. The lowest BCUT2D eigenvalue weighted by molar-refractivity contribution is -0.118. The number of ether oxygens (including phenoxy) is 1. The van der Waals surface area contributed by atoms with Crippen LogP contribution in [0.3, 0.4) is 0 Å². The molecule has 1 aliphatic rings. The molecule has 1 aliphatic heterocycles. The second-order valence-electron chi connectivity index (χ2n) is 5.48. The number of thioether (sulfide) groups is 1. The van der Waals surface area contributed by atoms with Crippen molar-refractivity contribution in [3.05, 3.63) is 39.4 Å². The first kappa shape index (κ1) is 15.7. The van der Waals surface area contributed by atoms with Crippen molar-refractivity contribution in [2.45, 2.75) is 18.4 Å². The number of aromatic nitrogens is 3. The number of fused-ring (bicyclic) bond motifs is 1. The Morgan fingerprint density at radius 3 is 3.00 bits per heavy atom. The maximum Gasteiger partial charge on any atom is 0.263 e. The van der Waals surface area contributed by atoms with Gasteiger partial charge in [-0.3, -0.25) is 14.3 Å². The van der Waals surface area contributed by atoms with Gasteiger partial charge in [0.25, 0.3) is 5.91 Å². The third-order valence-corrected chi connectivity index (χ3v) is 4.75. The summed E-state index contributed by atoms with van der Waals surface area (Å²) < 4.78 is 8.81. The molecule has 8 heteroatoms. The monoisotopic (exact) mass is 334 g/mol. The highest BCUT2D eigenvalue weighted by atomic mass is 32.2. The molecule has 1 amide bonds. The number of nitrogens with zero attached hydrogens (tertiary/aromatic N) is 3. The molecule has 0 bridgehead atoms. The molecule has 2 aromatic rings. The summed E-state index contributed by atoms with van der Waals surface area (Å²) in [6.07, 6.45) is 1.59. The maximum absolute atomic E-state index is 12.1. The Labute approximate surface area is 137 Å². The smallest absolute Gasteiger partial charge is 0.263 e. The number of hydrogen-bond donors (Lipinski definition) is 1. The van der Waals surface area contributed by atoms with Gasteiger partial charge in [-0.1, -0.05) is 0 Å². The van der Waals surface area contributed by atoms with Crippen molar-refractivity contribution in [1.29, 1.82) is 0 Å². The quantitative estimate of drug-likeness (QED) is 0.909. The molecule has 2 aromatic heterocycles. The normalized spacial score (nSPS) is 13.0. The van der Waals surface area contributed by atoms with Gasteiger partial charge in [-0.15, -0.1) is 0 Å². The molecular weight excluding hydrogens is 316 g/mol. The van der Waals surface area contributed by atoms with E-state index in [-0.39, 0.29) is 23.7 Å². The average molecular weight is 334 g/mol. The first-order valence-corrected chi connectivity index (χ1v) is 8.33. The molecule has 0 saturated carbocycles. The summed E-state index contributed by atoms with van der Waals surface area (Å²) in [4.78, 5) is 23.9. The molecule has 122 valence electrons. The second kappa shape index (κ2) is 6.11. The summed E-state index contributed by atoms with van der Waals surface area (Å²) in [5, 5.41) is 7.21. The van der Waals surface area contributed by atoms with Crippen LogP contribution in [0, 0.1) is 6.92 Å². The minimum Gasteiger partial charge on any atom is -0.478 e. The largest absolute Gasteiger partial charge is 0.478 e. The van der Waals surface area contributed by atoms with E-state index in [0.29, 0.717) is 5.82 Å². The van der Waals surface area contributed by atoms with Gasteiger partial charge in [0.05, 0.1) is 5.69 Å². The summed E-state index contributed by atoms with van der Waals surface area (Å²) >= 11 is 1.77. The number of anilines is 1. The van der Waals surface area contributed by atoms with Crippen LogP contribution < -0.4 is 15.5 Å². The fraction of sp³-hybridized carbons (Fsp3) is 0.400. The van der Waals surface area contributed by atoms with E-state index in [4.69, 9.17) is 4.74 Å². The van der Waals surface area contributed by atoms with Gasteiger partial charge in [-0.25, -0.2) is 0 Å². The Bertz CT molecular complexity index is 825. The zero-order valence-corrected chi connectivity index (χ0v) is 14.1. The van der Waals surface area contributed by atoms with Crippen LogP contribution in [-0.4, -0.2) is 26.9 Å². The van der Waals surface area contributed by atoms with E-state index in [2.05, 4.69) is 10.4 Å². The number of aryl methyl sites for hydroxylation is 3. The molecule has 0 saturated heterocycles. The molecule has 0 spiro atoms. The number of nitrogens with one attached hydrogen (secondary N) is 1. The lowest BCUT2D eigenvalue weighted by atomic mass is 10.3. The minimum atomic E-state index is -0.310. The molecule has 3 heterocycles. The van der Waals surface area contributed by atoms with Gasteiger partial charge in [0.15, 0.2) is 12.4 Å². The minimum absolute atomic E-state index is 0.166. The predicted octanol–water partition coefficient (Wildman–Crippen LogP) is 1.19. The van der Waals surface area contributed by atoms with E-state index in [1.807, 2.05) is 14.0 Å². The predicted molar refractivity (Wildman–Crippen MR) is 88.8 cm³/mol. The molecule has 0 atom stereocenters. The van der Waals surface area contributed by atoms with E-state index in [0.717, 1.165) is 28.5 Å². The second-order valence-corrected chi connectivity index (χ2v) is 6.47. The lowest BCUT2D eigenvalue weighted by Crippen LogP contribution is -2.24. The lowest BCUT2D eigenvalue weighted by Gasteiger charge is -2.10. The fourth-order valence-corrected chi connectivity index (χ4v) is 3.46. The summed E-state index contributed by atoms with van der Waals surface area (Å²) in [5.41, 5.74) is 2.68. The molecule has 0 aromatic carbocycles. The summed E-state index contributed by atoms with van der Waals surface area (Å²) in [6, 6.07) is 1.48. The van der Waals surface area contributed by atoms with Gasteiger partial charge in [-0.05, 0) is 6.92 Å². The summed E-state index contributed by atoms with van der Waals surface area (Å²) in [6.45, 7) is 1.62. The van der Waals surface area contributed by atoms with Crippen molar-refractivity contribution >= 4 is 23.5 Å². The number of carbonyl (C=O) groups excluding carboxylic acids is 1. The molecule has 0 aliphatic carbocycles. The summed E-state index contributed by atoms with van der Waals surface area (Å²) in [5.74, 6) is 2.28. The van der Waals surface area contributed by atoms with Gasteiger partial charge < -0.3 is 14.6 Å². The highest BCUT2D eigenvalue weighted by molar-refractivity contribution is 7.98. The van der Waals surface area contributed by atoms with Crippen molar-refractivity contribution in [1.82, 2.24) is 14.3 Å². The van der Waals surface area contributed by atoms with Gasteiger partial charge >= 0.3 is 0 Å². The fourth-order valence-electron chi connectivity index (χ4n) is 2.42. The molecule has 1 N–H and O–H groups in total. The third kappa shape index (κ3) is 3.12. The van der Waals surface area contributed by atoms with Crippen LogP contribution in [0.15, 0.2) is 17.1 Å². The topological polar surface area (TPSA) is 78.2 Å². The number of hydrogen-bond acceptors (Lipinski definition) is 5. The highest BCUT2D eigenvalue weighted by Gasteiger charge is 2.22. The van der Waals surface area contributed by atoms with Crippen molar-refractivity contribution in [2.75, 3.05) is 11.9 Å². The number of amides is 1. The zero-order chi connectivity index (χ0) is 16.6. The first-order valence-electron chi connectivity index (χ1n) is 7.18. The highest BCUT2D eigenvalue weighted by Crippen LogP contribution is 2.34. The van der Waals surface area contributed by atoms with Crippen LogP contribution in [0.4, 0.5) is 5.82 Å². The van der Waals surface area contributed by atoms with Crippen LogP contribution >= 0.6 is 11.8 Å². The van der Waals surface area contributed by atoms with Crippen LogP contribution in [0.1, 0.15) is 17.0 Å². The third-order valence-electron chi connectivity index (χ3n) is 3.78. The maximum atomic E-state index is 12.1. The van der Waals surface area contributed by atoms with Crippen LogP contribution in [-0.2, 0) is 30.4 Å². The Kier molecular flexibility index (Phi) is 4.16. The van der Waals surface area contributed by atoms with Crippen molar-refractivity contribution < 1.29 is 9.53 Å². The van der Waals surface area contributed by atoms with E-state index in [1.54, 1.807) is 34.3 Å². The van der Waals surface area contributed by atoms with E-state index >= 15 is 0 Å². The Morgan fingerprint density at radius 1 is 1.43 bits per heavy atom. The van der Waals surface area contributed by atoms with Crippen molar-refractivity contribution in [3.63, 3.8) is 0 Å². The van der Waals surface area contributed by atoms with Crippen LogP contribution in [0.5, 0.6) is 5.75 Å². The Morgan fingerprint density at radius 2 is 2.22 bits per heavy atom. The van der Waals surface area contributed by atoms with Gasteiger partial charge in [0.2, 0.25) is 5.43 Å². The van der Waals surface area contributed by atoms with Crippen molar-refractivity contribution in [3.8, 4) is 5.75 Å². The average Bonchev–Trinajstić information content (AvgIpc) is 3.04. The van der Waals surface area contributed by atoms with E-state index in [1.165, 1.54) is 6.07 Å².